The van der Waals surface area contributed by atoms with Crippen LogP contribution in [0.4, 0.5) is 18.9 Å². The van der Waals surface area contributed by atoms with Gasteiger partial charge < -0.3 is 4.90 Å². The number of rotatable bonds is 2. The number of benzene rings is 1. The van der Waals surface area contributed by atoms with E-state index in [0.29, 0.717) is 12.2 Å². The van der Waals surface area contributed by atoms with Gasteiger partial charge in [-0.05, 0) is 23.6 Å². The second kappa shape index (κ2) is 5.12. The lowest BCUT2D eigenvalue weighted by Gasteiger charge is -2.28. The molecule has 0 saturated heterocycles. The maximum atomic E-state index is 12.7. The highest BCUT2D eigenvalue weighted by Crippen LogP contribution is 2.33. The second-order valence-corrected chi connectivity index (χ2v) is 5.76. The molecule has 0 aliphatic carbocycles. The molecule has 0 bridgehead atoms. The highest BCUT2D eigenvalue weighted by atomic mass is 19.4. The van der Waals surface area contributed by atoms with E-state index in [0.717, 1.165) is 6.07 Å². The van der Waals surface area contributed by atoms with Gasteiger partial charge in [0.15, 0.2) is 0 Å². The molecule has 0 fully saturated rings. The Bertz CT molecular complexity index is 493. The largest absolute Gasteiger partial charge is 0.417 e. The van der Waals surface area contributed by atoms with Crippen molar-refractivity contribution in [2.45, 2.75) is 26.9 Å². The average Bonchev–Trinajstić information content (AvgIpc) is 2.24. The Kier molecular flexibility index (Phi) is 4.14. The van der Waals surface area contributed by atoms with Crippen molar-refractivity contribution in [1.82, 2.24) is 0 Å². The summed E-state index contributed by atoms with van der Waals surface area (Å²) in [5, 5.41) is 8.85. The zero-order valence-electron chi connectivity index (χ0n) is 11.5. The molecule has 1 aromatic carbocycles. The Morgan fingerprint density at radius 2 is 1.79 bits per heavy atom. The first-order valence-electron chi connectivity index (χ1n) is 5.87. The summed E-state index contributed by atoms with van der Waals surface area (Å²) in [6.45, 7) is 6.81. The number of anilines is 1. The van der Waals surface area contributed by atoms with Crippen LogP contribution in [0, 0.1) is 16.7 Å². The lowest BCUT2D eigenvalue weighted by atomic mass is 9.96. The Morgan fingerprint density at radius 3 is 2.21 bits per heavy atom. The van der Waals surface area contributed by atoms with E-state index in [1.807, 2.05) is 25.7 Å². The number of hydrogen-bond donors (Lipinski definition) is 0. The van der Waals surface area contributed by atoms with Crippen molar-refractivity contribution in [2.24, 2.45) is 5.41 Å². The molecule has 0 atom stereocenters. The molecule has 0 radical (unpaired) electrons. The van der Waals surface area contributed by atoms with E-state index in [1.165, 1.54) is 12.1 Å². The van der Waals surface area contributed by atoms with Crippen LogP contribution in [0.1, 0.15) is 31.9 Å². The van der Waals surface area contributed by atoms with E-state index in [2.05, 4.69) is 0 Å². The van der Waals surface area contributed by atoms with Crippen LogP contribution in [0.5, 0.6) is 0 Å². The van der Waals surface area contributed by atoms with Crippen molar-refractivity contribution in [1.29, 1.82) is 5.26 Å². The van der Waals surface area contributed by atoms with Gasteiger partial charge in [0.25, 0.3) is 0 Å². The van der Waals surface area contributed by atoms with E-state index in [1.54, 1.807) is 13.1 Å². The van der Waals surface area contributed by atoms with Crippen LogP contribution in [-0.2, 0) is 6.18 Å². The first-order valence-corrected chi connectivity index (χ1v) is 5.87. The molecule has 0 saturated carbocycles. The minimum atomic E-state index is -4.49. The highest BCUT2D eigenvalue weighted by molar-refractivity contribution is 5.55. The standard InChI is InChI=1S/C14H17F3N2/c1-13(2,3)9-19(4)11-5-6-12(14(15,16)17)10(7-11)8-18/h5-7H,9H2,1-4H3. The van der Waals surface area contributed by atoms with Crippen LogP contribution in [0.2, 0.25) is 0 Å². The third-order valence-electron chi connectivity index (χ3n) is 2.58. The molecule has 0 amide bonds. The Morgan fingerprint density at radius 1 is 1.21 bits per heavy atom. The fraction of sp³-hybridized carbons (Fsp3) is 0.500. The smallest absolute Gasteiger partial charge is 0.374 e. The van der Waals surface area contributed by atoms with E-state index in [4.69, 9.17) is 5.26 Å². The van der Waals surface area contributed by atoms with Crippen molar-refractivity contribution >= 4 is 5.69 Å². The van der Waals surface area contributed by atoms with Crippen molar-refractivity contribution in [3.8, 4) is 6.07 Å². The molecule has 0 heterocycles. The summed E-state index contributed by atoms with van der Waals surface area (Å²) in [4.78, 5) is 1.85. The maximum Gasteiger partial charge on any atom is 0.417 e. The minimum Gasteiger partial charge on any atom is -0.374 e. The Balaban J connectivity index is 3.12. The number of alkyl halides is 3. The van der Waals surface area contributed by atoms with E-state index in [-0.39, 0.29) is 11.0 Å². The molecular weight excluding hydrogens is 253 g/mol. The summed E-state index contributed by atoms with van der Waals surface area (Å²) in [6, 6.07) is 5.26. The molecule has 2 nitrogen and oxygen atoms in total. The molecule has 1 aromatic rings. The molecule has 0 aliphatic heterocycles. The van der Waals surface area contributed by atoms with E-state index < -0.39 is 11.7 Å². The number of nitriles is 1. The van der Waals surface area contributed by atoms with Gasteiger partial charge in [-0.2, -0.15) is 18.4 Å². The van der Waals surface area contributed by atoms with Gasteiger partial charge in [0, 0.05) is 19.3 Å². The zero-order chi connectivity index (χ0) is 14.8. The van der Waals surface area contributed by atoms with Gasteiger partial charge in [0.1, 0.15) is 0 Å². The summed E-state index contributed by atoms with van der Waals surface area (Å²) in [5.74, 6) is 0. The summed E-state index contributed by atoms with van der Waals surface area (Å²) in [5.41, 5.74) is -0.599. The summed E-state index contributed by atoms with van der Waals surface area (Å²) < 4.78 is 38.0. The van der Waals surface area contributed by atoms with Crippen molar-refractivity contribution in [3.05, 3.63) is 29.3 Å². The van der Waals surface area contributed by atoms with Gasteiger partial charge in [-0.3, -0.25) is 0 Å². The Labute approximate surface area is 111 Å². The molecule has 0 N–H and O–H groups in total. The minimum absolute atomic E-state index is 0.0181. The monoisotopic (exact) mass is 270 g/mol. The first-order chi connectivity index (χ1) is 8.54. The topological polar surface area (TPSA) is 27.0 Å². The quantitative estimate of drug-likeness (QED) is 0.810. The fourth-order valence-corrected chi connectivity index (χ4v) is 1.91. The predicted molar refractivity (Wildman–Crippen MR) is 68.9 cm³/mol. The molecule has 0 spiro atoms. The molecule has 1 rings (SSSR count). The molecule has 5 heteroatoms. The molecular formula is C14H17F3N2. The van der Waals surface area contributed by atoms with Crippen LogP contribution in [0.3, 0.4) is 0 Å². The maximum absolute atomic E-state index is 12.7. The van der Waals surface area contributed by atoms with E-state index >= 15 is 0 Å². The van der Waals surface area contributed by atoms with Crippen LogP contribution in [0.25, 0.3) is 0 Å². The zero-order valence-corrected chi connectivity index (χ0v) is 11.5. The third-order valence-corrected chi connectivity index (χ3v) is 2.58. The molecule has 0 aliphatic rings. The molecule has 19 heavy (non-hydrogen) atoms. The highest BCUT2D eigenvalue weighted by Gasteiger charge is 2.33. The van der Waals surface area contributed by atoms with E-state index in [9.17, 15) is 13.2 Å². The first kappa shape index (κ1) is 15.4. The predicted octanol–water partition coefficient (Wildman–Crippen LogP) is 4.06. The van der Waals surface area contributed by atoms with Crippen LogP contribution in [0.15, 0.2) is 18.2 Å². The lowest BCUT2D eigenvalue weighted by molar-refractivity contribution is -0.137. The lowest BCUT2D eigenvalue weighted by Crippen LogP contribution is -2.29. The van der Waals surface area contributed by atoms with Crippen LogP contribution < -0.4 is 4.90 Å². The normalized spacial score (nSPS) is 12.1. The van der Waals surface area contributed by atoms with Gasteiger partial charge in [-0.15, -0.1) is 0 Å². The number of nitrogens with zero attached hydrogens (tertiary/aromatic N) is 2. The van der Waals surface area contributed by atoms with Crippen LogP contribution in [-0.4, -0.2) is 13.6 Å². The average molecular weight is 270 g/mol. The summed E-state index contributed by atoms with van der Waals surface area (Å²) in [6.07, 6.45) is -4.49. The molecule has 0 unspecified atom stereocenters. The van der Waals surface area contributed by atoms with Gasteiger partial charge in [-0.25, -0.2) is 0 Å². The SMILES string of the molecule is CN(CC(C)(C)C)c1ccc(C(F)(F)F)c(C#N)c1. The molecule has 104 valence electrons. The molecule has 0 aromatic heterocycles. The van der Waals surface area contributed by atoms with Gasteiger partial charge in [0.05, 0.1) is 17.2 Å². The fourth-order valence-electron chi connectivity index (χ4n) is 1.91. The van der Waals surface area contributed by atoms with Gasteiger partial charge in [0.2, 0.25) is 0 Å². The van der Waals surface area contributed by atoms with Gasteiger partial charge in [-0.1, -0.05) is 20.8 Å². The van der Waals surface area contributed by atoms with Crippen molar-refractivity contribution < 1.29 is 13.2 Å². The van der Waals surface area contributed by atoms with Crippen molar-refractivity contribution in [3.63, 3.8) is 0 Å². The number of hydrogen-bond acceptors (Lipinski definition) is 2. The second-order valence-electron chi connectivity index (χ2n) is 5.76. The van der Waals surface area contributed by atoms with Crippen LogP contribution >= 0.6 is 0 Å². The summed E-state index contributed by atoms with van der Waals surface area (Å²) >= 11 is 0. The number of halogens is 3. The Hall–Kier alpha value is -1.70. The van der Waals surface area contributed by atoms with Crippen molar-refractivity contribution in [2.75, 3.05) is 18.5 Å². The van der Waals surface area contributed by atoms with Gasteiger partial charge >= 0.3 is 6.18 Å². The third kappa shape index (κ3) is 4.16. The summed E-state index contributed by atoms with van der Waals surface area (Å²) in [7, 11) is 1.80.